The van der Waals surface area contributed by atoms with E-state index in [4.69, 9.17) is 0 Å². The molecule has 0 radical (unpaired) electrons. The maximum absolute atomic E-state index is 12.5. The van der Waals surface area contributed by atoms with Crippen LogP contribution in [0.3, 0.4) is 0 Å². The molecule has 0 unspecified atom stereocenters. The van der Waals surface area contributed by atoms with Crippen molar-refractivity contribution >= 4 is 28.8 Å². The lowest BCUT2D eigenvalue weighted by atomic mass is 10.2. The van der Waals surface area contributed by atoms with E-state index in [-0.39, 0.29) is 12.5 Å². The number of benzene rings is 2. The Morgan fingerprint density at radius 3 is 2.70 bits per heavy atom. The van der Waals surface area contributed by atoms with Gasteiger partial charge < -0.3 is 5.32 Å². The molecule has 136 valence electrons. The van der Waals surface area contributed by atoms with Crippen molar-refractivity contribution in [2.24, 2.45) is 7.05 Å². The first-order chi connectivity index (χ1) is 13.2. The number of anilines is 2. The molecule has 9 heteroatoms. The lowest BCUT2D eigenvalue weighted by molar-refractivity contribution is -0.717. The average Bonchev–Trinajstić information content (AvgIpc) is 3.24. The van der Waals surface area contributed by atoms with Crippen molar-refractivity contribution in [3.8, 4) is 0 Å². The molecule has 0 aliphatic carbocycles. The maximum atomic E-state index is 12.5. The van der Waals surface area contributed by atoms with Gasteiger partial charge in [0.2, 0.25) is 5.95 Å². The lowest BCUT2D eigenvalue weighted by Gasteiger charge is -2.09. The Balaban J connectivity index is 1.58. The van der Waals surface area contributed by atoms with Crippen LogP contribution in [0, 0.1) is 0 Å². The fourth-order valence-electron chi connectivity index (χ4n) is 2.82. The highest BCUT2D eigenvalue weighted by Gasteiger charge is 2.18. The number of rotatable bonds is 6. The van der Waals surface area contributed by atoms with E-state index in [1.165, 1.54) is 4.68 Å². The molecule has 0 fully saturated rings. The Labute approximate surface area is 155 Å². The summed E-state index contributed by atoms with van der Waals surface area (Å²) in [6.07, 6.45) is 0. The number of nitrogens with one attached hydrogen (secondary N) is 3. The smallest absolute Gasteiger partial charge is 0.352 e. The number of amides is 1. The number of para-hydroxylation sites is 2. The molecular formula is C18H19N8O+. The summed E-state index contributed by atoms with van der Waals surface area (Å²) in [5.41, 5.74) is 2.84. The minimum absolute atomic E-state index is 0.102. The quantitative estimate of drug-likeness (QED) is 0.447. The molecule has 9 nitrogen and oxygen atoms in total. The molecule has 0 saturated carbocycles. The number of fused-ring (bicyclic) bond motifs is 1. The van der Waals surface area contributed by atoms with Gasteiger partial charge in [-0.05, 0) is 17.7 Å². The van der Waals surface area contributed by atoms with Gasteiger partial charge in [-0.3, -0.25) is 9.36 Å². The monoisotopic (exact) mass is 363 g/mol. The van der Waals surface area contributed by atoms with E-state index in [1.807, 2.05) is 59.2 Å². The molecule has 2 heterocycles. The summed E-state index contributed by atoms with van der Waals surface area (Å²) < 4.78 is 3.38. The summed E-state index contributed by atoms with van der Waals surface area (Å²) in [6, 6.07) is 17.8. The third-order valence-corrected chi connectivity index (χ3v) is 4.16. The summed E-state index contributed by atoms with van der Waals surface area (Å²) in [5, 5.41) is 16.2. The molecule has 3 N–H and O–H groups in total. The standard InChI is InChI=1S/C18H18N8O/c1-25-18(22-23-24-25)21-16(27)12-26-15-10-6-5-9-14(15)20-17(26)19-11-13-7-3-2-4-8-13/h2-10H,11-12H2,1H3,(H2,19,20,21,22,24,27)/p+1. The molecule has 27 heavy (non-hydrogen) atoms. The maximum Gasteiger partial charge on any atom is 0.406 e. The minimum Gasteiger partial charge on any atom is -0.352 e. The van der Waals surface area contributed by atoms with Crippen molar-refractivity contribution in [2.45, 2.75) is 13.1 Å². The number of aromatic nitrogens is 6. The first-order valence-electron chi connectivity index (χ1n) is 8.51. The van der Waals surface area contributed by atoms with E-state index in [0.717, 1.165) is 16.6 Å². The number of H-pyrrole nitrogens is 1. The van der Waals surface area contributed by atoms with Crippen LogP contribution in [-0.2, 0) is 24.9 Å². The fourth-order valence-corrected chi connectivity index (χ4v) is 2.82. The molecule has 2 aromatic carbocycles. The zero-order valence-electron chi connectivity index (χ0n) is 14.8. The summed E-state index contributed by atoms with van der Waals surface area (Å²) in [6.45, 7) is 0.717. The molecule has 0 aliphatic heterocycles. The minimum atomic E-state index is -0.217. The third kappa shape index (κ3) is 3.61. The van der Waals surface area contributed by atoms with Gasteiger partial charge in [-0.1, -0.05) is 42.5 Å². The molecule has 4 rings (SSSR count). The molecule has 0 atom stereocenters. The molecule has 0 aliphatic rings. The van der Waals surface area contributed by atoms with E-state index < -0.39 is 0 Å². The predicted octanol–water partition coefficient (Wildman–Crippen LogP) is 1.23. The average molecular weight is 363 g/mol. The number of imidazole rings is 1. The second-order valence-electron chi connectivity index (χ2n) is 6.08. The predicted molar refractivity (Wildman–Crippen MR) is 99.7 cm³/mol. The van der Waals surface area contributed by atoms with Gasteiger partial charge in [0.1, 0.15) is 11.8 Å². The third-order valence-electron chi connectivity index (χ3n) is 4.16. The van der Waals surface area contributed by atoms with Gasteiger partial charge in [-0.25, -0.2) is 10.3 Å². The molecule has 2 aromatic heterocycles. The summed E-state index contributed by atoms with van der Waals surface area (Å²) in [4.78, 5) is 17.1. The summed E-state index contributed by atoms with van der Waals surface area (Å²) in [7, 11) is 1.72. The lowest BCUT2D eigenvalue weighted by Crippen LogP contribution is -2.36. The Morgan fingerprint density at radius 2 is 1.93 bits per heavy atom. The van der Waals surface area contributed by atoms with Crippen LogP contribution in [0.1, 0.15) is 5.56 Å². The second-order valence-corrected chi connectivity index (χ2v) is 6.08. The molecular weight excluding hydrogens is 344 g/mol. The topological polar surface area (TPSA) is 104 Å². The van der Waals surface area contributed by atoms with Crippen molar-refractivity contribution in [2.75, 3.05) is 10.6 Å². The van der Waals surface area contributed by atoms with Crippen LogP contribution in [0.25, 0.3) is 11.0 Å². The van der Waals surface area contributed by atoms with Gasteiger partial charge in [0.25, 0.3) is 5.91 Å². The van der Waals surface area contributed by atoms with Gasteiger partial charge in [0, 0.05) is 6.54 Å². The number of hydrogen-bond acceptors (Lipinski definition) is 5. The number of aryl methyl sites for hydroxylation is 1. The Bertz CT molecular complexity index is 1070. The van der Waals surface area contributed by atoms with Crippen molar-refractivity contribution < 1.29 is 9.48 Å². The first kappa shape index (κ1) is 16.7. The number of carbonyl (C=O) groups is 1. The summed E-state index contributed by atoms with van der Waals surface area (Å²) in [5.74, 6) is 0.772. The van der Waals surface area contributed by atoms with Crippen molar-refractivity contribution in [1.29, 1.82) is 0 Å². The molecule has 1 amide bonds. The highest BCUT2D eigenvalue weighted by atomic mass is 16.2. The molecule has 0 bridgehead atoms. The van der Waals surface area contributed by atoms with Crippen LogP contribution in [0.4, 0.5) is 11.9 Å². The normalized spacial score (nSPS) is 10.9. The zero-order valence-corrected chi connectivity index (χ0v) is 14.8. The van der Waals surface area contributed by atoms with Crippen LogP contribution in [0.15, 0.2) is 54.6 Å². The largest absolute Gasteiger partial charge is 0.406 e. The molecule has 0 saturated heterocycles. The van der Waals surface area contributed by atoms with Crippen molar-refractivity contribution in [1.82, 2.24) is 25.1 Å². The number of aromatic amines is 1. The number of carbonyl (C=O) groups excluding carboxylic acids is 1. The van der Waals surface area contributed by atoms with Crippen LogP contribution < -0.4 is 15.3 Å². The Kier molecular flexibility index (Phi) is 4.48. The molecule has 4 aromatic rings. The highest BCUT2D eigenvalue weighted by Crippen LogP contribution is 2.20. The van der Waals surface area contributed by atoms with Crippen molar-refractivity contribution in [3.05, 3.63) is 60.2 Å². The van der Waals surface area contributed by atoms with E-state index in [2.05, 4.69) is 31.1 Å². The van der Waals surface area contributed by atoms with Crippen molar-refractivity contribution in [3.63, 3.8) is 0 Å². The van der Waals surface area contributed by atoms with Gasteiger partial charge >= 0.3 is 5.95 Å². The zero-order chi connectivity index (χ0) is 18.6. The Morgan fingerprint density at radius 1 is 1.15 bits per heavy atom. The van der Waals surface area contributed by atoms with E-state index >= 15 is 0 Å². The fraction of sp³-hybridized carbons (Fsp3) is 0.167. The van der Waals surface area contributed by atoms with Gasteiger partial charge in [0.15, 0.2) is 0 Å². The van der Waals surface area contributed by atoms with Gasteiger partial charge in [0.05, 0.1) is 23.2 Å². The first-order valence-corrected chi connectivity index (χ1v) is 8.51. The highest BCUT2D eigenvalue weighted by molar-refractivity contribution is 5.90. The molecule has 0 spiro atoms. The van der Waals surface area contributed by atoms with Gasteiger partial charge in [-0.15, -0.1) is 5.21 Å². The van der Waals surface area contributed by atoms with Crippen LogP contribution in [0.2, 0.25) is 0 Å². The SMILES string of the molecule is C[n+]1[nH]nnc1NC(=O)Cn1c(NCc2ccccc2)nc2ccccc21. The number of tetrazole rings is 1. The summed E-state index contributed by atoms with van der Waals surface area (Å²) >= 11 is 0. The second kappa shape index (κ2) is 7.24. The van der Waals surface area contributed by atoms with E-state index in [1.54, 1.807) is 7.05 Å². The van der Waals surface area contributed by atoms with Crippen LogP contribution in [-0.4, -0.2) is 31.0 Å². The number of hydrogen-bond donors (Lipinski definition) is 3. The van der Waals surface area contributed by atoms with Crippen LogP contribution >= 0.6 is 0 Å². The number of nitrogens with zero attached hydrogens (tertiary/aromatic N) is 5. The van der Waals surface area contributed by atoms with E-state index in [0.29, 0.717) is 18.4 Å². The van der Waals surface area contributed by atoms with Crippen LogP contribution in [0.5, 0.6) is 0 Å². The van der Waals surface area contributed by atoms with Gasteiger partial charge in [-0.2, -0.15) is 4.68 Å². The Hall–Kier alpha value is -3.75. The van der Waals surface area contributed by atoms with E-state index in [9.17, 15) is 4.79 Å².